The van der Waals surface area contributed by atoms with Crippen molar-refractivity contribution in [1.29, 1.82) is 0 Å². The summed E-state index contributed by atoms with van der Waals surface area (Å²) in [5.74, 6) is -0.886. The monoisotopic (exact) mass is 485 g/mol. The minimum atomic E-state index is -4.95. The van der Waals surface area contributed by atoms with Crippen molar-refractivity contribution in [2.24, 2.45) is 0 Å². The highest BCUT2D eigenvalue weighted by atomic mass is 19.4. The van der Waals surface area contributed by atoms with E-state index in [0.717, 1.165) is 49.6 Å². The summed E-state index contributed by atoms with van der Waals surface area (Å²) < 4.78 is 50.2. The number of nitrogens with one attached hydrogen (secondary N) is 2. The minimum absolute atomic E-state index is 0.0803. The van der Waals surface area contributed by atoms with Gasteiger partial charge in [-0.2, -0.15) is 5.10 Å². The largest absolute Gasteiger partial charge is 0.573 e. The van der Waals surface area contributed by atoms with Crippen molar-refractivity contribution < 1.29 is 27.1 Å². The summed E-state index contributed by atoms with van der Waals surface area (Å²) in [6, 6.07) is 10.6. The van der Waals surface area contributed by atoms with Crippen molar-refractivity contribution in [2.45, 2.75) is 32.0 Å². The first-order valence-electron chi connectivity index (χ1n) is 11.1. The Balaban J connectivity index is 1.44. The number of carbonyl (C=O) groups is 1. The maximum absolute atomic E-state index is 13.1. The van der Waals surface area contributed by atoms with Crippen LogP contribution in [-0.4, -0.2) is 40.0 Å². The number of ether oxygens (including phenoxy) is 1. The second-order valence-electron chi connectivity index (χ2n) is 8.42. The van der Waals surface area contributed by atoms with Gasteiger partial charge in [0.15, 0.2) is 11.4 Å². The number of piperidine rings is 1. The van der Waals surface area contributed by atoms with E-state index in [1.807, 2.05) is 31.2 Å². The first-order chi connectivity index (χ1) is 16.7. The van der Waals surface area contributed by atoms with Crippen molar-refractivity contribution in [3.8, 4) is 17.2 Å². The fourth-order valence-corrected chi connectivity index (χ4v) is 4.14. The van der Waals surface area contributed by atoms with Crippen molar-refractivity contribution in [2.75, 3.05) is 18.4 Å². The lowest BCUT2D eigenvalue weighted by Gasteiger charge is -2.20. The molecule has 3 aromatic heterocycles. The van der Waals surface area contributed by atoms with E-state index in [4.69, 9.17) is 4.42 Å². The summed E-state index contributed by atoms with van der Waals surface area (Å²) in [5, 5.41) is 10.2. The number of fused-ring (bicyclic) bond motifs is 1. The molecule has 0 radical (unpaired) electrons. The Morgan fingerprint density at radius 3 is 2.77 bits per heavy atom. The summed E-state index contributed by atoms with van der Waals surface area (Å²) in [6.07, 6.45) is -0.915. The number of hydrogen-bond donors (Lipinski definition) is 2. The number of halogens is 3. The number of hydrogen-bond acceptors (Lipinski definition) is 6. The molecule has 2 N–H and O–H groups in total. The maximum Gasteiger partial charge on any atom is 0.573 e. The molecule has 0 bridgehead atoms. The number of aromatic nitrogens is 3. The lowest BCUT2D eigenvalue weighted by Crippen LogP contribution is -2.26. The van der Waals surface area contributed by atoms with Crippen LogP contribution in [0.15, 0.2) is 53.3 Å². The quantitative estimate of drug-likeness (QED) is 0.417. The Morgan fingerprint density at radius 2 is 2.03 bits per heavy atom. The molecule has 1 amide bonds. The van der Waals surface area contributed by atoms with Gasteiger partial charge in [0.1, 0.15) is 6.26 Å². The fraction of sp³-hybridized carbons (Fsp3) is 0.292. The summed E-state index contributed by atoms with van der Waals surface area (Å²) >= 11 is 0. The molecule has 0 aliphatic carbocycles. The van der Waals surface area contributed by atoms with Gasteiger partial charge in [-0.25, -0.2) is 9.50 Å². The normalized spacial score (nSPS) is 14.9. The van der Waals surface area contributed by atoms with Gasteiger partial charge in [-0.15, -0.1) is 13.2 Å². The molecule has 1 aromatic carbocycles. The van der Waals surface area contributed by atoms with Gasteiger partial charge in [0.2, 0.25) is 5.89 Å². The third kappa shape index (κ3) is 5.14. The van der Waals surface area contributed by atoms with E-state index in [9.17, 15) is 18.0 Å². The van der Waals surface area contributed by atoms with Gasteiger partial charge in [0, 0.05) is 11.5 Å². The van der Waals surface area contributed by atoms with Gasteiger partial charge in [-0.3, -0.25) is 4.79 Å². The van der Waals surface area contributed by atoms with Crippen LogP contribution in [0.2, 0.25) is 0 Å². The molecule has 0 atom stereocenters. The fourth-order valence-electron chi connectivity index (χ4n) is 4.14. The molecule has 4 aromatic rings. The summed E-state index contributed by atoms with van der Waals surface area (Å²) in [4.78, 5) is 17.0. The molecule has 1 aliphatic rings. The van der Waals surface area contributed by atoms with E-state index in [1.165, 1.54) is 10.6 Å². The molecule has 5 rings (SSSR count). The molecule has 0 spiro atoms. The number of anilines is 1. The molecule has 11 heteroatoms. The first kappa shape index (κ1) is 22.9. The van der Waals surface area contributed by atoms with Gasteiger partial charge in [-0.1, -0.05) is 17.7 Å². The average Bonchev–Trinajstić information content (AvgIpc) is 3.46. The van der Waals surface area contributed by atoms with Crippen molar-refractivity contribution in [1.82, 2.24) is 19.9 Å². The lowest BCUT2D eigenvalue weighted by molar-refractivity contribution is -0.274. The highest BCUT2D eigenvalue weighted by Gasteiger charge is 2.33. The van der Waals surface area contributed by atoms with E-state index >= 15 is 0 Å². The van der Waals surface area contributed by atoms with Crippen molar-refractivity contribution in [3.63, 3.8) is 0 Å². The number of aryl methyl sites for hydroxylation is 1. The number of nitrogens with zero attached hydrogens (tertiary/aromatic N) is 3. The molecule has 0 unspecified atom stereocenters. The van der Waals surface area contributed by atoms with Crippen molar-refractivity contribution >= 4 is 17.1 Å². The molecule has 4 heterocycles. The Kier molecular flexibility index (Phi) is 5.93. The number of benzene rings is 1. The number of rotatable bonds is 5. The third-order valence-electron chi connectivity index (χ3n) is 5.81. The number of carbonyl (C=O) groups excluding carboxylic acids is 1. The zero-order valence-corrected chi connectivity index (χ0v) is 18.7. The van der Waals surface area contributed by atoms with Gasteiger partial charge in [0.05, 0.1) is 23.1 Å². The molecule has 0 saturated carbocycles. The molecule has 1 saturated heterocycles. The SMILES string of the molecule is Cc1cccc(-c2nc(C(=O)Nc3cc4cc(C5CCNCC5)nn4cc3OC(F)(F)F)co2)c1. The predicted octanol–water partition coefficient (Wildman–Crippen LogP) is 4.92. The Labute approximate surface area is 198 Å². The predicted molar refractivity (Wildman–Crippen MR) is 121 cm³/mol. The number of pyridine rings is 1. The Morgan fingerprint density at radius 1 is 1.23 bits per heavy atom. The standard InChI is InChI=1S/C24H22F3N5O3/c1-14-3-2-4-16(9-14)23-30-20(13-34-23)22(33)29-19-11-17-10-18(15-5-7-28-8-6-15)31-32(17)12-21(19)35-24(25,26)27/h2-4,9-13,15,28H,5-8H2,1H3,(H,29,33). The number of oxazole rings is 1. The maximum atomic E-state index is 13.1. The van der Waals surface area contributed by atoms with E-state index < -0.39 is 18.0 Å². The van der Waals surface area contributed by atoms with Gasteiger partial charge in [-0.05, 0) is 57.1 Å². The molecule has 8 nitrogen and oxygen atoms in total. The van der Waals surface area contributed by atoms with E-state index in [-0.39, 0.29) is 23.2 Å². The third-order valence-corrected chi connectivity index (χ3v) is 5.81. The van der Waals surface area contributed by atoms with Crippen LogP contribution < -0.4 is 15.4 Å². The zero-order valence-electron chi connectivity index (χ0n) is 18.7. The summed E-state index contributed by atoms with van der Waals surface area (Å²) in [7, 11) is 0. The zero-order chi connectivity index (χ0) is 24.6. The van der Waals surface area contributed by atoms with Crippen LogP contribution in [0.25, 0.3) is 17.0 Å². The van der Waals surface area contributed by atoms with Crippen molar-refractivity contribution in [3.05, 3.63) is 65.8 Å². The van der Waals surface area contributed by atoms with Gasteiger partial charge >= 0.3 is 6.36 Å². The average molecular weight is 485 g/mol. The van der Waals surface area contributed by atoms with Crippen LogP contribution in [0, 0.1) is 6.92 Å². The van der Waals surface area contributed by atoms with E-state index in [1.54, 1.807) is 6.07 Å². The molecular weight excluding hydrogens is 463 g/mol. The second-order valence-corrected chi connectivity index (χ2v) is 8.42. The lowest BCUT2D eigenvalue weighted by atomic mass is 9.95. The van der Waals surface area contributed by atoms with E-state index in [0.29, 0.717) is 11.1 Å². The summed E-state index contributed by atoms with van der Waals surface area (Å²) in [6.45, 7) is 3.61. The van der Waals surface area contributed by atoms with Crippen LogP contribution >= 0.6 is 0 Å². The van der Waals surface area contributed by atoms with Gasteiger partial charge < -0.3 is 19.8 Å². The first-order valence-corrected chi connectivity index (χ1v) is 11.1. The highest BCUT2D eigenvalue weighted by molar-refractivity contribution is 6.04. The Bertz CT molecular complexity index is 1370. The topological polar surface area (TPSA) is 93.7 Å². The van der Waals surface area contributed by atoms with Crippen LogP contribution in [0.1, 0.15) is 40.5 Å². The molecule has 35 heavy (non-hydrogen) atoms. The van der Waals surface area contributed by atoms with Crippen LogP contribution in [0.4, 0.5) is 18.9 Å². The molecule has 1 fully saturated rings. The minimum Gasteiger partial charge on any atom is -0.444 e. The van der Waals surface area contributed by atoms with Crippen LogP contribution in [0.5, 0.6) is 5.75 Å². The molecular formula is C24H22F3N5O3. The molecule has 182 valence electrons. The smallest absolute Gasteiger partial charge is 0.444 e. The summed E-state index contributed by atoms with van der Waals surface area (Å²) in [5.41, 5.74) is 2.74. The Hall–Kier alpha value is -3.86. The number of amides is 1. The second kappa shape index (κ2) is 9.06. The van der Waals surface area contributed by atoms with E-state index in [2.05, 4.69) is 25.5 Å². The van der Waals surface area contributed by atoms with Crippen LogP contribution in [0.3, 0.4) is 0 Å². The van der Waals surface area contributed by atoms with Gasteiger partial charge in [0.25, 0.3) is 5.91 Å². The highest BCUT2D eigenvalue weighted by Crippen LogP contribution is 2.33. The molecule has 1 aliphatic heterocycles. The van der Waals surface area contributed by atoms with Crippen LogP contribution in [-0.2, 0) is 0 Å². The number of alkyl halides is 3.